The number of nitrogens with one attached hydrogen (secondary N) is 2. The molecule has 0 aliphatic rings. The summed E-state index contributed by atoms with van der Waals surface area (Å²) in [6, 6.07) is 17.0. The Bertz CT molecular complexity index is 1160. The number of ketones is 1. The molecule has 27 heavy (non-hydrogen) atoms. The van der Waals surface area contributed by atoms with E-state index in [-0.39, 0.29) is 0 Å². The Morgan fingerprint density at radius 1 is 1.04 bits per heavy atom. The maximum atomic E-state index is 12.8. The van der Waals surface area contributed by atoms with E-state index in [1.807, 2.05) is 54.6 Å². The topological polar surface area (TPSA) is 88.0 Å². The van der Waals surface area contributed by atoms with Crippen molar-refractivity contribution in [1.82, 2.24) is 15.5 Å². The van der Waals surface area contributed by atoms with Crippen LogP contribution >= 0.6 is 0 Å². The predicted molar refractivity (Wildman–Crippen MR) is 102 cm³/mol. The number of amides is 1. The molecule has 0 aliphatic heterocycles. The molecule has 4 aromatic rings. The van der Waals surface area contributed by atoms with Crippen molar-refractivity contribution in [2.24, 2.45) is 0 Å². The van der Waals surface area contributed by atoms with Crippen LogP contribution in [-0.4, -0.2) is 28.9 Å². The van der Waals surface area contributed by atoms with E-state index in [4.69, 9.17) is 4.52 Å². The van der Waals surface area contributed by atoms with Crippen molar-refractivity contribution in [1.29, 1.82) is 0 Å². The first kappa shape index (κ1) is 16.8. The van der Waals surface area contributed by atoms with Crippen molar-refractivity contribution < 1.29 is 14.1 Å². The lowest BCUT2D eigenvalue weighted by Gasteiger charge is -2.05. The summed E-state index contributed by atoms with van der Waals surface area (Å²) < 4.78 is 5.44. The zero-order valence-corrected chi connectivity index (χ0v) is 14.9. The van der Waals surface area contributed by atoms with Crippen LogP contribution < -0.4 is 5.32 Å². The van der Waals surface area contributed by atoms with Gasteiger partial charge >= 0.3 is 0 Å². The van der Waals surface area contributed by atoms with Crippen molar-refractivity contribution >= 4 is 22.6 Å². The largest absolute Gasteiger partial charge is 0.360 e. The average molecular weight is 359 g/mol. The zero-order valence-electron chi connectivity index (χ0n) is 14.9. The molecule has 0 saturated carbocycles. The SMILES string of the molecule is CNC(=O)C(=O)c1c(-c2c(-c3ccccc3)noc2C)[nH]c2ccccc12. The predicted octanol–water partition coefficient (Wildman–Crippen LogP) is 3.73. The molecule has 2 aromatic heterocycles. The van der Waals surface area contributed by atoms with Crippen LogP contribution in [0.5, 0.6) is 0 Å². The van der Waals surface area contributed by atoms with E-state index >= 15 is 0 Å². The Labute approximate surface area is 155 Å². The lowest BCUT2D eigenvalue weighted by molar-refractivity contribution is -0.116. The van der Waals surface area contributed by atoms with Crippen LogP contribution in [0.4, 0.5) is 0 Å². The summed E-state index contributed by atoms with van der Waals surface area (Å²) in [5, 5.41) is 7.28. The van der Waals surface area contributed by atoms with Gasteiger partial charge in [-0.2, -0.15) is 0 Å². The molecule has 0 atom stereocenters. The number of para-hydroxylation sites is 1. The number of aromatic amines is 1. The van der Waals surface area contributed by atoms with E-state index in [1.54, 1.807) is 6.92 Å². The fraction of sp³-hybridized carbons (Fsp3) is 0.0952. The number of H-pyrrole nitrogens is 1. The summed E-state index contributed by atoms with van der Waals surface area (Å²) in [6.45, 7) is 1.79. The standard InChI is InChI=1S/C21H17N3O3/c1-12-16(18(24-27-12)13-8-4-3-5-9-13)19-17(20(25)21(26)22-2)14-10-6-7-11-15(14)23-19/h3-11,23H,1-2H3,(H,22,26). The minimum Gasteiger partial charge on any atom is -0.360 e. The van der Waals surface area contributed by atoms with Crippen LogP contribution in [-0.2, 0) is 4.79 Å². The van der Waals surface area contributed by atoms with Gasteiger partial charge in [0.25, 0.3) is 11.7 Å². The van der Waals surface area contributed by atoms with E-state index < -0.39 is 11.7 Å². The third-order valence-corrected chi connectivity index (χ3v) is 4.53. The molecule has 6 heteroatoms. The number of hydrogen-bond acceptors (Lipinski definition) is 4. The number of nitrogens with zero attached hydrogens (tertiary/aromatic N) is 1. The Kier molecular flexibility index (Phi) is 4.08. The normalized spacial score (nSPS) is 10.9. The highest BCUT2D eigenvalue weighted by molar-refractivity contribution is 6.46. The van der Waals surface area contributed by atoms with Crippen molar-refractivity contribution in [3.05, 3.63) is 65.9 Å². The molecule has 4 rings (SSSR count). The van der Waals surface area contributed by atoms with Crippen LogP contribution in [0.2, 0.25) is 0 Å². The van der Waals surface area contributed by atoms with Crippen LogP contribution in [0.25, 0.3) is 33.4 Å². The van der Waals surface area contributed by atoms with Gasteiger partial charge in [0.05, 0.1) is 16.8 Å². The highest BCUT2D eigenvalue weighted by Gasteiger charge is 2.28. The molecule has 0 aliphatic carbocycles. The van der Waals surface area contributed by atoms with Crippen molar-refractivity contribution in [3.63, 3.8) is 0 Å². The van der Waals surface area contributed by atoms with E-state index in [0.717, 1.165) is 11.1 Å². The van der Waals surface area contributed by atoms with Crippen LogP contribution in [0.15, 0.2) is 59.1 Å². The molecule has 1 amide bonds. The van der Waals surface area contributed by atoms with Gasteiger partial charge in [-0.15, -0.1) is 0 Å². The number of benzene rings is 2. The maximum absolute atomic E-state index is 12.8. The van der Waals surface area contributed by atoms with Crippen molar-refractivity contribution in [3.8, 4) is 22.5 Å². The van der Waals surface area contributed by atoms with Gasteiger partial charge in [-0.05, 0) is 13.0 Å². The molecule has 0 fully saturated rings. The molecule has 2 aromatic carbocycles. The number of carbonyl (C=O) groups excluding carboxylic acids is 2. The van der Waals surface area contributed by atoms with Crippen molar-refractivity contribution in [2.75, 3.05) is 7.05 Å². The van der Waals surface area contributed by atoms with E-state index in [9.17, 15) is 9.59 Å². The maximum Gasteiger partial charge on any atom is 0.292 e. The molecule has 0 saturated heterocycles. The third-order valence-electron chi connectivity index (χ3n) is 4.53. The number of likely N-dealkylation sites (N-methyl/N-ethyl adjacent to an activating group) is 1. The monoisotopic (exact) mass is 359 g/mol. The number of carbonyl (C=O) groups is 2. The Hall–Kier alpha value is -3.67. The second kappa shape index (κ2) is 6.57. The highest BCUT2D eigenvalue weighted by Crippen LogP contribution is 2.38. The van der Waals surface area contributed by atoms with Gasteiger partial charge in [0.2, 0.25) is 0 Å². The Balaban J connectivity index is 2.03. The van der Waals surface area contributed by atoms with Crippen LogP contribution in [0.1, 0.15) is 16.1 Å². The molecule has 0 bridgehead atoms. The van der Waals surface area contributed by atoms with Crippen LogP contribution in [0.3, 0.4) is 0 Å². The molecular formula is C21H17N3O3. The average Bonchev–Trinajstić information content (AvgIpc) is 3.27. The third kappa shape index (κ3) is 2.71. The second-order valence-corrected chi connectivity index (χ2v) is 6.16. The van der Waals surface area contributed by atoms with Gasteiger partial charge < -0.3 is 14.8 Å². The number of fused-ring (bicyclic) bond motifs is 1. The molecule has 0 radical (unpaired) electrons. The Morgan fingerprint density at radius 2 is 1.74 bits per heavy atom. The molecular weight excluding hydrogens is 342 g/mol. The summed E-state index contributed by atoms with van der Waals surface area (Å²) in [4.78, 5) is 28.2. The van der Waals surface area contributed by atoms with Crippen molar-refractivity contribution in [2.45, 2.75) is 6.92 Å². The number of hydrogen-bond donors (Lipinski definition) is 2. The highest BCUT2D eigenvalue weighted by atomic mass is 16.5. The first-order chi connectivity index (χ1) is 13.1. The molecule has 6 nitrogen and oxygen atoms in total. The van der Waals surface area contributed by atoms with Gasteiger partial charge in [0.1, 0.15) is 11.5 Å². The number of aromatic nitrogens is 2. The summed E-state index contributed by atoms with van der Waals surface area (Å²) in [6.07, 6.45) is 0. The molecule has 0 spiro atoms. The summed E-state index contributed by atoms with van der Waals surface area (Å²) in [7, 11) is 1.44. The summed E-state index contributed by atoms with van der Waals surface area (Å²) >= 11 is 0. The molecule has 0 unspecified atom stereocenters. The van der Waals surface area contributed by atoms with Gasteiger partial charge in [0.15, 0.2) is 0 Å². The quantitative estimate of drug-likeness (QED) is 0.429. The lowest BCUT2D eigenvalue weighted by atomic mass is 9.97. The van der Waals surface area contributed by atoms with E-state index in [1.165, 1.54) is 7.05 Å². The lowest BCUT2D eigenvalue weighted by Crippen LogP contribution is -2.27. The second-order valence-electron chi connectivity index (χ2n) is 6.16. The van der Waals surface area contributed by atoms with Gasteiger partial charge in [-0.1, -0.05) is 53.7 Å². The zero-order chi connectivity index (χ0) is 19.0. The first-order valence-electron chi connectivity index (χ1n) is 8.51. The number of aryl methyl sites for hydroxylation is 1. The van der Waals surface area contributed by atoms with E-state index in [0.29, 0.717) is 33.7 Å². The fourth-order valence-electron chi connectivity index (χ4n) is 3.25. The summed E-state index contributed by atoms with van der Waals surface area (Å²) in [5.41, 5.74) is 3.76. The molecule has 2 N–H and O–H groups in total. The van der Waals surface area contributed by atoms with E-state index in [2.05, 4.69) is 15.5 Å². The molecule has 134 valence electrons. The minimum absolute atomic E-state index is 0.313. The Morgan fingerprint density at radius 3 is 2.48 bits per heavy atom. The van der Waals surface area contributed by atoms with Gasteiger partial charge in [-0.3, -0.25) is 9.59 Å². The van der Waals surface area contributed by atoms with Gasteiger partial charge in [-0.25, -0.2) is 0 Å². The summed E-state index contributed by atoms with van der Waals surface area (Å²) in [5.74, 6) is -0.715. The van der Waals surface area contributed by atoms with Crippen LogP contribution in [0, 0.1) is 6.92 Å². The molecule has 2 heterocycles. The number of Topliss-reactive ketones (excluding diaryl/α,β-unsaturated/α-hetero) is 1. The first-order valence-corrected chi connectivity index (χ1v) is 8.51. The number of rotatable bonds is 4. The minimum atomic E-state index is -0.670. The van der Waals surface area contributed by atoms with Gasteiger partial charge in [0, 0.05) is 23.5 Å². The smallest absolute Gasteiger partial charge is 0.292 e. The fourth-order valence-corrected chi connectivity index (χ4v) is 3.25.